The monoisotopic (exact) mass is 265 g/mol. The summed E-state index contributed by atoms with van der Waals surface area (Å²) < 4.78 is 4.83. The second kappa shape index (κ2) is 5.26. The maximum atomic E-state index is 11.0. The quantitative estimate of drug-likeness (QED) is 0.825. The molecule has 80 valence electrons. The minimum Gasteiger partial charge on any atom is -0.408 e. The van der Waals surface area contributed by atoms with Crippen molar-refractivity contribution in [2.75, 3.05) is 0 Å². The Balaban J connectivity index is 2.90. The minimum atomic E-state index is -0.703. The Morgan fingerprint density at radius 1 is 1.27 bits per heavy atom. The van der Waals surface area contributed by atoms with E-state index in [4.69, 9.17) is 39.5 Å². The molecule has 0 aromatic heterocycles. The molecule has 0 unspecified atom stereocenters. The van der Waals surface area contributed by atoms with Gasteiger partial charge in [0.2, 0.25) is 0 Å². The normalized spacial score (nSPS) is 9.53. The summed E-state index contributed by atoms with van der Waals surface area (Å²) in [5, 5.41) is 2.96. The van der Waals surface area contributed by atoms with Gasteiger partial charge in [0.05, 0.1) is 15.1 Å². The van der Waals surface area contributed by atoms with Gasteiger partial charge >= 0.3 is 6.09 Å². The van der Waals surface area contributed by atoms with Gasteiger partial charge in [-0.2, -0.15) is 0 Å². The third-order valence-corrected chi connectivity index (χ3v) is 2.41. The van der Waals surface area contributed by atoms with E-state index < -0.39 is 6.09 Å². The van der Waals surface area contributed by atoms with E-state index >= 15 is 0 Å². The molecule has 0 aliphatic carbocycles. The summed E-state index contributed by atoms with van der Waals surface area (Å²) in [5.41, 5.74) is 0. The van der Waals surface area contributed by atoms with Crippen molar-refractivity contribution in [3.63, 3.8) is 0 Å². The molecule has 1 aromatic carbocycles. The van der Waals surface area contributed by atoms with E-state index in [0.29, 0.717) is 0 Å². The maximum absolute atomic E-state index is 11.0. The smallest absolute Gasteiger partial charge is 0.408 e. The summed E-state index contributed by atoms with van der Waals surface area (Å²) in [4.78, 5) is 11.0. The van der Waals surface area contributed by atoms with Gasteiger partial charge in [-0.25, -0.2) is 4.79 Å². The highest BCUT2D eigenvalue weighted by atomic mass is 35.5. The number of hydrogen-bond donors (Lipinski definition) is 1. The summed E-state index contributed by atoms with van der Waals surface area (Å²) in [6.45, 7) is 3.30. The van der Waals surface area contributed by atoms with Gasteiger partial charge in [0.1, 0.15) is 0 Å². The molecule has 1 N–H and O–H groups in total. The lowest BCUT2D eigenvalue weighted by Gasteiger charge is -2.06. The van der Waals surface area contributed by atoms with Gasteiger partial charge in [-0.1, -0.05) is 41.4 Å². The van der Waals surface area contributed by atoms with Crippen LogP contribution in [0.4, 0.5) is 4.79 Å². The lowest BCUT2D eigenvalue weighted by atomic mass is 10.3. The van der Waals surface area contributed by atoms with Crippen molar-refractivity contribution in [1.29, 1.82) is 0 Å². The van der Waals surface area contributed by atoms with E-state index in [2.05, 4.69) is 11.9 Å². The summed E-state index contributed by atoms with van der Waals surface area (Å²) in [5.74, 6) is 0.130. The van der Waals surface area contributed by atoms with E-state index in [1.807, 2.05) is 0 Å². The van der Waals surface area contributed by atoms with Crippen LogP contribution in [0.25, 0.3) is 0 Å². The molecule has 1 aromatic rings. The van der Waals surface area contributed by atoms with Crippen LogP contribution in [0.1, 0.15) is 0 Å². The second-order valence-electron chi connectivity index (χ2n) is 2.43. The Hall–Kier alpha value is -0.900. The number of amides is 1. The number of ether oxygens (including phenoxy) is 1. The van der Waals surface area contributed by atoms with E-state index in [1.165, 1.54) is 18.3 Å². The Labute approximate surface area is 102 Å². The summed E-state index contributed by atoms with van der Waals surface area (Å²) in [7, 11) is 0. The molecule has 15 heavy (non-hydrogen) atoms. The number of hydrogen-bond acceptors (Lipinski definition) is 2. The highest BCUT2D eigenvalue weighted by Crippen LogP contribution is 2.33. The first-order valence-corrected chi connectivity index (χ1v) is 4.91. The summed E-state index contributed by atoms with van der Waals surface area (Å²) >= 11 is 17.2. The van der Waals surface area contributed by atoms with Gasteiger partial charge in [0.15, 0.2) is 5.75 Å². The van der Waals surface area contributed by atoms with Gasteiger partial charge < -0.3 is 4.74 Å². The molecule has 1 rings (SSSR count). The first-order chi connectivity index (χ1) is 7.04. The van der Waals surface area contributed by atoms with Gasteiger partial charge in [0.25, 0.3) is 0 Å². The van der Waals surface area contributed by atoms with Crippen molar-refractivity contribution >= 4 is 40.9 Å². The van der Waals surface area contributed by atoms with Gasteiger partial charge in [0, 0.05) is 6.07 Å². The Morgan fingerprint density at radius 3 is 2.47 bits per heavy atom. The van der Waals surface area contributed by atoms with E-state index in [0.717, 1.165) is 0 Å². The van der Waals surface area contributed by atoms with Crippen LogP contribution < -0.4 is 10.1 Å². The molecule has 0 radical (unpaired) electrons. The standard InChI is InChI=1S/C9H6Cl3NO2/c1-2-13-9(14)15-8-4-6(11)5(10)3-7(8)12/h2-4H,1H2,(H,13,14). The zero-order valence-corrected chi connectivity index (χ0v) is 9.66. The van der Waals surface area contributed by atoms with Crippen molar-refractivity contribution in [3.8, 4) is 5.75 Å². The van der Waals surface area contributed by atoms with Crippen LogP contribution in [0.3, 0.4) is 0 Å². The molecule has 3 nitrogen and oxygen atoms in total. The zero-order chi connectivity index (χ0) is 11.4. The molecule has 0 atom stereocenters. The van der Waals surface area contributed by atoms with Crippen molar-refractivity contribution in [2.45, 2.75) is 0 Å². The summed E-state index contributed by atoms with van der Waals surface area (Å²) in [6.07, 6.45) is 0.485. The molecular weight excluding hydrogens is 260 g/mol. The molecule has 0 saturated carbocycles. The number of nitrogens with one attached hydrogen (secondary N) is 1. The predicted molar refractivity (Wildman–Crippen MR) is 60.8 cm³/mol. The van der Waals surface area contributed by atoms with Crippen LogP contribution in [-0.4, -0.2) is 6.09 Å². The van der Waals surface area contributed by atoms with Crippen LogP contribution in [0.5, 0.6) is 5.75 Å². The predicted octanol–water partition coefficient (Wildman–Crippen LogP) is 3.88. The lowest BCUT2D eigenvalue weighted by molar-refractivity contribution is 0.204. The largest absolute Gasteiger partial charge is 0.416 e. The average molecular weight is 267 g/mol. The molecule has 0 bridgehead atoms. The molecule has 0 aliphatic heterocycles. The highest BCUT2D eigenvalue weighted by molar-refractivity contribution is 6.43. The Bertz CT molecular complexity index is 407. The lowest BCUT2D eigenvalue weighted by Crippen LogP contribution is -2.21. The number of benzene rings is 1. The topological polar surface area (TPSA) is 38.3 Å². The van der Waals surface area contributed by atoms with Gasteiger partial charge in [-0.05, 0) is 12.3 Å². The molecule has 0 heterocycles. The van der Waals surface area contributed by atoms with Gasteiger partial charge in [-0.3, -0.25) is 5.32 Å². The second-order valence-corrected chi connectivity index (χ2v) is 3.66. The number of rotatable bonds is 2. The molecular formula is C9H6Cl3NO2. The fourth-order valence-corrected chi connectivity index (χ4v) is 1.37. The van der Waals surface area contributed by atoms with E-state index in [9.17, 15) is 4.79 Å². The van der Waals surface area contributed by atoms with Crippen LogP contribution in [0.15, 0.2) is 24.9 Å². The van der Waals surface area contributed by atoms with Crippen molar-refractivity contribution < 1.29 is 9.53 Å². The minimum absolute atomic E-state index is 0.130. The third kappa shape index (κ3) is 3.30. The van der Waals surface area contributed by atoms with Crippen molar-refractivity contribution in [2.24, 2.45) is 0 Å². The average Bonchev–Trinajstić information content (AvgIpc) is 2.14. The van der Waals surface area contributed by atoms with Crippen LogP contribution in [0, 0.1) is 0 Å². The first kappa shape index (κ1) is 12.2. The molecule has 0 spiro atoms. The van der Waals surface area contributed by atoms with Crippen LogP contribution in [-0.2, 0) is 0 Å². The van der Waals surface area contributed by atoms with Crippen molar-refractivity contribution in [3.05, 3.63) is 40.0 Å². The number of halogens is 3. The molecule has 1 amide bonds. The van der Waals surface area contributed by atoms with Crippen LogP contribution >= 0.6 is 34.8 Å². The summed E-state index contributed by atoms with van der Waals surface area (Å²) in [6, 6.07) is 2.75. The Morgan fingerprint density at radius 2 is 1.87 bits per heavy atom. The van der Waals surface area contributed by atoms with Crippen molar-refractivity contribution in [1.82, 2.24) is 5.32 Å². The van der Waals surface area contributed by atoms with Gasteiger partial charge in [-0.15, -0.1) is 0 Å². The zero-order valence-electron chi connectivity index (χ0n) is 7.39. The molecule has 0 saturated heterocycles. The first-order valence-electron chi connectivity index (χ1n) is 3.78. The highest BCUT2D eigenvalue weighted by Gasteiger charge is 2.10. The molecule has 6 heteroatoms. The van der Waals surface area contributed by atoms with E-state index in [1.54, 1.807) is 0 Å². The fraction of sp³-hybridized carbons (Fsp3) is 0. The third-order valence-electron chi connectivity index (χ3n) is 1.40. The number of carbonyl (C=O) groups is 1. The SMILES string of the molecule is C=CNC(=O)Oc1cc(Cl)c(Cl)cc1Cl. The number of carbonyl (C=O) groups excluding carboxylic acids is 1. The molecule has 0 aliphatic rings. The Kier molecular flexibility index (Phi) is 4.27. The maximum Gasteiger partial charge on any atom is 0.416 e. The van der Waals surface area contributed by atoms with Crippen LogP contribution in [0.2, 0.25) is 15.1 Å². The molecule has 0 fully saturated rings. The fourth-order valence-electron chi connectivity index (χ4n) is 0.795. The van der Waals surface area contributed by atoms with E-state index in [-0.39, 0.29) is 20.8 Å².